The number of thiophene rings is 1. The Morgan fingerprint density at radius 3 is 2.38 bits per heavy atom. The van der Waals surface area contributed by atoms with Crippen LogP contribution in [0.3, 0.4) is 0 Å². The molecule has 2 aromatic carbocycles. The van der Waals surface area contributed by atoms with Crippen LogP contribution in [0.4, 0.5) is 0 Å². The third kappa shape index (κ3) is 3.88. The molecule has 7 heteroatoms. The zero-order chi connectivity index (χ0) is 20.5. The Morgan fingerprint density at radius 1 is 1.07 bits per heavy atom. The standard InChI is InChI=1S/C22H15BrClNO3S/c23-15-7-3-13(4-8-15)19-18(20(26)14-5-9-16(24)10-6-14)21(27)22(28)25(19)12-17-2-1-11-29-17/h1-11,19,26H,12H2/b20-18+. The number of hydrogen-bond acceptors (Lipinski definition) is 4. The van der Waals surface area contributed by atoms with Crippen LogP contribution in [0.1, 0.15) is 22.0 Å². The smallest absolute Gasteiger partial charge is 0.295 e. The van der Waals surface area contributed by atoms with Crippen LogP contribution in [0.25, 0.3) is 5.76 Å². The van der Waals surface area contributed by atoms with E-state index in [1.165, 1.54) is 16.2 Å². The molecule has 1 aliphatic heterocycles. The number of aliphatic hydroxyl groups is 1. The van der Waals surface area contributed by atoms with E-state index in [1.54, 1.807) is 24.3 Å². The minimum Gasteiger partial charge on any atom is -0.507 e. The topological polar surface area (TPSA) is 57.6 Å². The zero-order valence-corrected chi connectivity index (χ0v) is 18.2. The van der Waals surface area contributed by atoms with Gasteiger partial charge in [-0.2, -0.15) is 0 Å². The van der Waals surface area contributed by atoms with Gasteiger partial charge in [0, 0.05) is 19.9 Å². The third-order valence-electron chi connectivity index (χ3n) is 4.75. The number of amides is 1. The van der Waals surface area contributed by atoms with Crippen molar-refractivity contribution in [1.82, 2.24) is 4.90 Å². The summed E-state index contributed by atoms with van der Waals surface area (Å²) in [6.45, 7) is 0.292. The summed E-state index contributed by atoms with van der Waals surface area (Å²) in [6.07, 6.45) is 0. The number of hydrogen-bond donors (Lipinski definition) is 1. The fourth-order valence-electron chi connectivity index (χ4n) is 3.37. The molecule has 0 spiro atoms. The minimum absolute atomic E-state index is 0.0798. The number of carbonyl (C=O) groups is 2. The third-order valence-corrected chi connectivity index (χ3v) is 6.39. The van der Waals surface area contributed by atoms with E-state index < -0.39 is 17.7 Å². The molecule has 1 aromatic heterocycles. The molecule has 0 aliphatic carbocycles. The number of likely N-dealkylation sites (tertiary alicyclic amines) is 1. The van der Waals surface area contributed by atoms with E-state index in [4.69, 9.17) is 11.6 Å². The van der Waals surface area contributed by atoms with Gasteiger partial charge >= 0.3 is 0 Å². The molecule has 1 atom stereocenters. The van der Waals surface area contributed by atoms with Crippen LogP contribution in [-0.2, 0) is 16.1 Å². The largest absolute Gasteiger partial charge is 0.507 e. The van der Waals surface area contributed by atoms with Crippen LogP contribution in [0.5, 0.6) is 0 Å². The summed E-state index contributed by atoms with van der Waals surface area (Å²) in [6, 6.07) is 17.0. The quantitative estimate of drug-likeness (QED) is 0.287. The van der Waals surface area contributed by atoms with E-state index in [9.17, 15) is 14.7 Å². The highest BCUT2D eigenvalue weighted by Gasteiger charge is 2.46. The summed E-state index contributed by atoms with van der Waals surface area (Å²) in [4.78, 5) is 28.3. The maximum atomic E-state index is 12.9. The van der Waals surface area contributed by atoms with Crippen molar-refractivity contribution in [2.75, 3.05) is 0 Å². The molecule has 1 unspecified atom stereocenters. The average Bonchev–Trinajstić information content (AvgIpc) is 3.31. The van der Waals surface area contributed by atoms with E-state index in [0.29, 0.717) is 17.1 Å². The van der Waals surface area contributed by atoms with Crippen LogP contribution in [0.15, 0.2) is 76.1 Å². The molecule has 1 saturated heterocycles. The lowest BCUT2D eigenvalue weighted by Crippen LogP contribution is -2.28. The van der Waals surface area contributed by atoms with Crippen LogP contribution in [0.2, 0.25) is 5.02 Å². The second-order valence-electron chi connectivity index (χ2n) is 6.56. The highest BCUT2D eigenvalue weighted by atomic mass is 79.9. The van der Waals surface area contributed by atoms with Crippen molar-refractivity contribution in [2.45, 2.75) is 12.6 Å². The number of halogens is 2. The molecular formula is C22H15BrClNO3S. The predicted octanol–water partition coefficient (Wildman–Crippen LogP) is 5.79. The summed E-state index contributed by atoms with van der Waals surface area (Å²) in [5, 5.41) is 13.4. The second-order valence-corrected chi connectivity index (χ2v) is 8.95. The first kappa shape index (κ1) is 19.9. The van der Waals surface area contributed by atoms with Gasteiger partial charge in [0.15, 0.2) is 0 Å². The first-order valence-electron chi connectivity index (χ1n) is 8.78. The summed E-state index contributed by atoms with van der Waals surface area (Å²) in [7, 11) is 0. The number of nitrogens with zero attached hydrogens (tertiary/aromatic N) is 1. The van der Waals surface area contributed by atoms with Crippen molar-refractivity contribution >= 4 is 56.3 Å². The Labute approximate surface area is 185 Å². The Bertz CT molecular complexity index is 1090. The molecule has 1 fully saturated rings. The molecule has 0 saturated carbocycles. The molecule has 4 nitrogen and oxygen atoms in total. The van der Waals surface area contributed by atoms with Crippen LogP contribution >= 0.6 is 38.9 Å². The maximum Gasteiger partial charge on any atom is 0.295 e. The Hall–Kier alpha value is -2.41. The Morgan fingerprint density at radius 2 is 1.76 bits per heavy atom. The van der Waals surface area contributed by atoms with Gasteiger partial charge in [-0.15, -0.1) is 11.3 Å². The number of Topliss-reactive ketones (excluding diaryl/α,β-unsaturated/α-hetero) is 1. The van der Waals surface area contributed by atoms with Gasteiger partial charge in [0.2, 0.25) is 0 Å². The molecule has 3 aromatic rings. The monoisotopic (exact) mass is 487 g/mol. The van der Waals surface area contributed by atoms with E-state index >= 15 is 0 Å². The Balaban J connectivity index is 1.86. The van der Waals surface area contributed by atoms with Crippen molar-refractivity contribution in [3.05, 3.63) is 97.1 Å². The molecule has 4 rings (SSSR count). The molecular weight excluding hydrogens is 474 g/mol. The van der Waals surface area contributed by atoms with Crippen molar-refractivity contribution in [2.24, 2.45) is 0 Å². The molecule has 2 heterocycles. The lowest BCUT2D eigenvalue weighted by molar-refractivity contribution is -0.140. The summed E-state index contributed by atoms with van der Waals surface area (Å²) in [5.74, 6) is -1.52. The van der Waals surface area contributed by atoms with Gasteiger partial charge in [-0.05, 0) is 53.4 Å². The van der Waals surface area contributed by atoms with Crippen LogP contribution < -0.4 is 0 Å². The highest BCUT2D eigenvalue weighted by molar-refractivity contribution is 9.10. The highest BCUT2D eigenvalue weighted by Crippen LogP contribution is 2.40. The molecule has 29 heavy (non-hydrogen) atoms. The first-order chi connectivity index (χ1) is 14.0. The number of benzene rings is 2. The summed E-state index contributed by atoms with van der Waals surface area (Å²) < 4.78 is 0.883. The number of rotatable bonds is 4. The van der Waals surface area contributed by atoms with E-state index in [-0.39, 0.29) is 11.3 Å². The van der Waals surface area contributed by atoms with E-state index in [1.807, 2.05) is 41.8 Å². The number of carbonyl (C=O) groups excluding carboxylic acids is 2. The number of ketones is 1. The minimum atomic E-state index is -0.693. The molecule has 0 bridgehead atoms. The molecule has 1 N–H and O–H groups in total. The zero-order valence-electron chi connectivity index (χ0n) is 15.0. The lowest BCUT2D eigenvalue weighted by Gasteiger charge is -2.25. The molecule has 146 valence electrons. The van der Waals surface area contributed by atoms with Gasteiger partial charge < -0.3 is 10.0 Å². The van der Waals surface area contributed by atoms with Gasteiger partial charge in [0.05, 0.1) is 18.2 Å². The van der Waals surface area contributed by atoms with Crippen LogP contribution in [-0.4, -0.2) is 21.7 Å². The van der Waals surface area contributed by atoms with Crippen molar-refractivity contribution in [3.63, 3.8) is 0 Å². The first-order valence-corrected chi connectivity index (χ1v) is 10.8. The number of aliphatic hydroxyl groups excluding tert-OH is 1. The predicted molar refractivity (Wildman–Crippen MR) is 118 cm³/mol. The second kappa shape index (κ2) is 8.14. The molecule has 1 aliphatic rings. The van der Waals surface area contributed by atoms with E-state index in [0.717, 1.165) is 14.9 Å². The SMILES string of the molecule is O=C1C(=O)N(Cc2cccs2)C(c2ccc(Br)cc2)/C1=C(\O)c1ccc(Cl)cc1. The molecule has 0 radical (unpaired) electrons. The maximum absolute atomic E-state index is 12.9. The van der Waals surface area contributed by atoms with Gasteiger partial charge in [0.1, 0.15) is 5.76 Å². The fraction of sp³-hybridized carbons (Fsp3) is 0.0909. The van der Waals surface area contributed by atoms with Gasteiger partial charge in [-0.25, -0.2) is 0 Å². The average molecular weight is 489 g/mol. The van der Waals surface area contributed by atoms with Gasteiger partial charge in [0.25, 0.3) is 11.7 Å². The normalized spacial score (nSPS) is 18.4. The van der Waals surface area contributed by atoms with Gasteiger partial charge in [-0.1, -0.05) is 45.7 Å². The van der Waals surface area contributed by atoms with Crippen LogP contribution in [0, 0.1) is 0 Å². The van der Waals surface area contributed by atoms with Crippen molar-refractivity contribution in [1.29, 1.82) is 0 Å². The molecule has 1 amide bonds. The van der Waals surface area contributed by atoms with Crippen molar-refractivity contribution < 1.29 is 14.7 Å². The lowest BCUT2D eigenvalue weighted by atomic mass is 9.95. The fourth-order valence-corrected chi connectivity index (χ4v) is 4.46. The summed E-state index contributed by atoms with van der Waals surface area (Å²) >= 11 is 10.9. The van der Waals surface area contributed by atoms with Crippen molar-refractivity contribution in [3.8, 4) is 0 Å². The summed E-state index contributed by atoms with van der Waals surface area (Å²) in [5.41, 5.74) is 1.27. The van der Waals surface area contributed by atoms with Gasteiger partial charge in [-0.3, -0.25) is 9.59 Å². The Kier molecular flexibility index (Phi) is 5.58. The van der Waals surface area contributed by atoms with E-state index in [2.05, 4.69) is 15.9 Å².